The Morgan fingerprint density at radius 1 is 0.635 bits per heavy atom. The number of benzene rings is 5. The van der Waals surface area contributed by atoms with Crippen molar-refractivity contribution >= 4 is 33.7 Å². The van der Waals surface area contributed by atoms with Crippen molar-refractivity contribution in [2.45, 2.75) is 34.2 Å². The maximum absolute atomic E-state index is 14.8. The number of fused-ring (bicyclic) bond motifs is 2. The van der Waals surface area contributed by atoms with E-state index in [1.54, 1.807) is 73.0 Å². The molecule has 52 heavy (non-hydrogen) atoms. The smallest absolute Gasteiger partial charge is 0.355 e. The van der Waals surface area contributed by atoms with Gasteiger partial charge in [0.25, 0.3) is 0 Å². The first-order chi connectivity index (χ1) is 25.1. The highest BCUT2D eigenvalue weighted by atomic mass is 19.1. The molecule has 264 valence electrons. The first-order valence-electron chi connectivity index (χ1n) is 17.0. The Balaban J connectivity index is 0.000000187. The molecule has 0 unspecified atom stereocenters. The van der Waals surface area contributed by atoms with Gasteiger partial charge < -0.3 is 19.0 Å². The van der Waals surface area contributed by atoms with E-state index in [1.807, 2.05) is 50.2 Å². The van der Waals surface area contributed by atoms with Gasteiger partial charge in [0.15, 0.2) is 0 Å². The van der Waals surface area contributed by atoms with E-state index in [-0.39, 0.29) is 42.8 Å². The van der Waals surface area contributed by atoms with E-state index in [2.05, 4.69) is 4.98 Å². The lowest BCUT2D eigenvalue weighted by Crippen LogP contribution is -2.14. The third-order valence-corrected chi connectivity index (χ3v) is 8.69. The normalized spacial score (nSPS) is 11.0. The van der Waals surface area contributed by atoms with Gasteiger partial charge >= 0.3 is 11.9 Å². The van der Waals surface area contributed by atoms with E-state index in [0.29, 0.717) is 33.3 Å². The fourth-order valence-electron chi connectivity index (χ4n) is 6.38. The van der Waals surface area contributed by atoms with Gasteiger partial charge in [-0.1, -0.05) is 77.9 Å². The van der Waals surface area contributed by atoms with Crippen LogP contribution in [-0.4, -0.2) is 34.7 Å². The molecule has 2 aromatic heterocycles. The molecule has 2 heterocycles. The van der Waals surface area contributed by atoms with Crippen molar-refractivity contribution in [1.29, 1.82) is 0 Å². The second-order valence-electron chi connectivity index (χ2n) is 12.2. The molecule has 0 aliphatic heterocycles. The second kappa shape index (κ2) is 15.4. The number of rotatable bonds is 8. The summed E-state index contributed by atoms with van der Waals surface area (Å²) in [5.41, 5.74) is 6.15. The number of aryl methyl sites for hydroxylation is 2. The molecular formula is C43H37F3N2O4. The highest BCUT2D eigenvalue weighted by molar-refractivity contribution is 6.09. The van der Waals surface area contributed by atoms with E-state index in [0.717, 1.165) is 27.4 Å². The number of esters is 2. The summed E-state index contributed by atoms with van der Waals surface area (Å²) in [4.78, 5) is 28.3. The number of carbonyl (C=O) groups excluding carboxylic acids is 2. The summed E-state index contributed by atoms with van der Waals surface area (Å²) in [5, 5.41) is 1.53. The summed E-state index contributed by atoms with van der Waals surface area (Å²) >= 11 is 0. The van der Waals surface area contributed by atoms with Crippen LogP contribution in [0.4, 0.5) is 13.2 Å². The number of halogens is 3. The van der Waals surface area contributed by atoms with Crippen molar-refractivity contribution in [2.24, 2.45) is 0 Å². The summed E-state index contributed by atoms with van der Waals surface area (Å²) in [6, 6.07) is 30.7. The van der Waals surface area contributed by atoms with Crippen LogP contribution in [0.15, 0.2) is 109 Å². The van der Waals surface area contributed by atoms with Crippen LogP contribution in [0.5, 0.6) is 0 Å². The van der Waals surface area contributed by atoms with Crippen LogP contribution < -0.4 is 0 Å². The minimum Gasteiger partial charge on any atom is -0.461 e. The third-order valence-electron chi connectivity index (χ3n) is 8.69. The van der Waals surface area contributed by atoms with Gasteiger partial charge in [-0.25, -0.2) is 22.8 Å². The first kappa shape index (κ1) is 35.7. The van der Waals surface area contributed by atoms with Gasteiger partial charge in [0.05, 0.1) is 19.8 Å². The predicted octanol–water partition coefficient (Wildman–Crippen LogP) is 10.6. The quantitative estimate of drug-likeness (QED) is 0.160. The predicted molar refractivity (Wildman–Crippen MR) is 198 cm³/mol. The lowest BCUT2D eigenvalue weighted by Gasteiger charge is -2.12. The molecule has 1 N–H and O–H groups in total. The van der Waals surface area contributed by atoms with Crippen molar-refractivity contribution in [3.05, 3.63) is 155 Å². The Labute approximate surface area is 299 Å². The van der Waals surface area contributed by atoms with E-state index in [1.165, 1.54) is 18.2 Å². The molecule has 0 spiro atoms. The minimum atomic E-state index is -0.569. The number of nitrogens with zero attached hydrogens (tertiary/aromatic N) is 1. The molecule has 0 fully saturated rings. The summed E-state index contributed by atoms with van der Waals surface area (Å²) in [5.74, 6) is -2.21. The lowest BCUT2D eigenvalue weighted by atomic mass is 10.00. The van der Waals surface area contributed by atoms with Crippen molar-refractivity contribution in [2.75, 3.05) is 13.2 Å². The van der Waals surface area contributed by atoms with E-state index in [9.17, 15) is 22.8 Å². The average molecular weight is 703 g/mol. The number of hydrogen-bond donors (Lipinski definition) is 1. The summed E-state index contributed by atoms with van der Waals surface area (Å²) in [6.45, 7) is 7.92. The number of aromatic nitrogens is 2. The Hall–Kier alpha value is -6.09. The number of nitrogens with one attached hydrogen (secondary N) is 1. The summed E-state index contributed by atoms with van der Waals surface area (Å²) in [7, 11) is 0. The van der Waals surface area contributed by atoms with Crippen molar-refractivity contribution in [3.63, 3.8) is 0 Å². The number of ether oxygens (including phenoxy) is 2. The molecule has 0 atom stereocenters. The second-order valence-corrected chi connectivity index (χ2v) is 12.2. The van der Waals surface area contributed by atoms with Gasteiger partial charge in [-0.05, 0) is 70.2 Å². The molecule has 0 radical (unpaired) electrons. The summed E-state index contributed by atoms with van der Waals surface area (Å²) < 4.78 is 55.6. The van der Waals surface area contributed by atoms with Crippen LogP contribution in [0.25, 0.3) is 44.1 Å². The number of carbonyl (C=O) groups is 2. The molecule has 7 rings (SSSR count). The molecule has 6 nitrogen and oxygen atoms in total. The standard InChI is InChI=1S/C25H21F2NO2.C18H16FNO2/c1-3-30-25(29)24-23(18-9-5-7-11-21(18)27)19-14-16(2)12-13-22(19)28(24)15-17-8-4-6-10-20(17)26;1-3-22-18(21)17-16(12-6-4-5-7-14(12)19)13-10-11(2)8-9-15(13)20-17/h4-14H,3,15H2,1-2H3;4-10,20H,3H2,1-2H3. The zero-order chi connectivity index (χ0) is 36.9. The lowest BCUT2D eigenvalue weighted by molar-refractivity contribution is 0.0508. The van der Waals surface area contributed by atoms with Gasteiger partial charge in [0.1, 0.15) is 28.8 Å². The Kier molecular flexibility index (Phi) is 10.6. The molecule has 9 heteroatoms. The van der Waals surface area contributed by atoms with E-state index < -0.39 is 17.8 Å². The van der Waals surface area contributed by atoms with Crippen molar-refractivity contribution < 1.29 is 32.2 Å². The number of H-pyrrole nitrogens is 1. The Bertz CT molecular complexity index is 2430. The van der Waals surface area contributed by atoms with Crippen molar-refractivity contribution in [1.82, 2.24) is 9.55 Å². The zero-order valence-corrected chi connectivity index (χ0v) is 29.2. The fraction of sp³-hybridized carbons (Fsp3) is 0.163. The Morgan fingerprint density at radius 2 is 1.17 bits per heavy atom. The van der Waals surface area contributed by atoms with Crippen molar-refractivity contribution in [3.8, 4) is 22.3 Å². The fourth-order valence-corrected chi connectivity index (χ4v) is 6.38. The zero-order valence-electron chi connectivity index (χ0n) is 29.2. The molecule has 0 aliphatic carbocycles. The number of aromatic amines is 1. The van der Waals surface area contributed by atoms with Gasteiger partial charge in [0.2, 0.25) is 0 Å². The topological polar surface area (TPSA) is 73.3 Å². The third kappa shape index (κ3) is 7.07. The summed E-state index contributed by atoms with van der Waals surface area (Å²) in [6.07, 6.45) is 0. The molecule has 0 saturated carbocycles. The van der Waals surface area contributed by atoms with Crippen LogP contribution >= 0.6 is 0 Å². The van der Waals surface area contributed by atoms with Crippen LogP contribution in [0, 0.1) is 31.3 Å². The molecule has 0 aliphatic rings. The molecule has 7 aromatic rings. The Morgan fingerprint density at radius 3 is 1.79 bits per heavy atom. The van der Waals surface area contributed by atoms with E-state index >= 15 is 0 Å². The molecule has 0 bridgehead atoms. The SMILES string of the molecule is CCOC(=O)c1[nH]c2ccc(C)cc2c1-c1ccccc1F.CCOC(=O)c1c(-c2ccccc2F)c2cc(C)ccc2n1Cc1ccccc1F. The highest BCUT2D eigenvalue weighted by Gasteiger charge is 2.27. The molecule has 0 amide bonds. The van der Waals surface area contributed by atoms with Crippen LogP contribution in [0.3, 0.4) is 0 Å². The number of hydrogen-bond acceptors (Lipinski definition) is 4. The van der Waals surface area contributed by atoms with Gasteiger partial charge in [-0.2, -0.15) is 0 Å². The van der Waals surface area contributed by atoms with Crippen LogP contribution in [0.2, 0.25) is 0 Å². The monoisotopic (exact) mass is 702 g/mol. The minimum absolute atomic E-state index is 0.120. The molecule has 0 saturated heterocycles. The maximum atomic E-state index is 14.8. The van der Waals surface area contributed by atoms with Crippen LogP contribution in [0.1, 0.15) is 51.5 Å². The van der Waals surface area contributed by atoms with Crippen LogP contribution in [-0.2, 0) is 16.0 Å². The van der Waals surface area contributed by atoms with Gasteiger partial charge in [-0.3, -0.25) is 0 Å². The molecule has 5 aromatic carbocycles. The first-order valence-corrected chi connectivity index (χ1v) is 17.0. The van der Waals surface area contributed by atoms with Gasteiger partial charge in [0, 0.05) is 49.6 Å². The molecular weight excluding hydrogens is 665 g/mol. The maximum Gasteiger partial charge on any atom is 0.355 e. The van der Waals surface area contributed by atoms with E-state index in [4.69, 9.17) is 9.47 Å². The largest absolute Gasteiger partial charge is 0.461 e. The highest BCUT2D eigenvalue weighted by Crippen LogP contribution is 2.38. The van der Waals surface area contributed by atoms with Gasteiger partial charge in [-0.15, -0.1) is 0 Å². The average Bonchev–Trinajstić information content (AvgIpc) is 3.65.